The summed E-state index contributed by atoms with van der Waals surface area (Å²) >= 11 is 0. The Morgan fingerprint density at radius 3 is 1.33 bits per heavy atom. The quantitative estimate of drug-likeness (QED) is 0.380. The minimum atomic E-state index is 0.00734. The summed E-state index contributed by atoms with van der Waals surface area (Å²) in [6, 6.07) is 20.0. The molecular weight excluding hydrogens is 372 g/mol. The number of benzene rings is 4. The second-order valence-electron chi connectivity index (χ2n) is 8.10. The van der Waals surface area contributed by atoms with E-state index in [0.29, 0.717) is 11.4 Å². The van der Waals surface area contributed by atoms with Crippen LogP contribution in [-0.2, 0) is 0 Å². The Morgan fingerprint density at radius 1 is 0.567 bits per heavy atom. The van der Waals surface area contributed by atoms with E-state index in [-0.39, 0.29) is 12.2 Å². The second-order valence-corrected chi connectivity index (χ2v) is 8.10. The molecule has 0 saturated carbocycles. The molecule has 4 N–H and O–H groups in total. The van der Waals surface area contributed by atoms with Crippen LogP contribution in [0.25, 0.3) is 32.7 Å². The van der Waals surface area contributed by atoms with E-state index in [4.69, 9.17) is 20.9 Å². The molecular formula is C26H28N2O2. The van der Waals surface area contributed by atoms with Crippen molar-refractivity contribution in [2.24, 2.45) is 0 Å². The summed E-state index contributed by atoms with van der Waals surface area (Å²) in [6.45, 7) is 8.08. The van der Waals surface area contributed by atoms with Crippen LogP contribution in [-0.4, -0.2) is 12.2 Å². The van der Waals surface area contributed by atoms with Crippen molar-refractivity contribution in [3.05, 3.63) is 60.7 Å². The first kappa shape index (κ1) is 19.9. The van der Waals surface area contributed by atoms with E-state index in [2.05, 4.69) is 12.1 Å². The molecule has 0 heterocycles. The van der Waals surface area contributed by atoms with Crippen molar-refractivity contribution < 1.29 is 9.47 Å². The molecule has 0 amide bonds. The first-order chi connectivity index (χ1) is 14.4. The Kier molecular flexibility index (Phi) is 5.17. The molecule has 4 aromatic carbocycles. The zero-order valence-electron chi connectivity index (χ0n) is 17.9. The lowest BCUT2D eigenvalue weighted by Gasteiger charge is -2.23. The Bertz CT molecular complexity index is 1130. The van der Waals surface area contributed by atoms with Gasteiger partial charge in [-0.05, 0) is 62.7 Å². The maximum absolute atomic E-state index is 6.50. The fourth-order valence-electron chi connectivity index (χ4n) is 3.98. The number of ether oxygens (including phenoxy) is 2. The van der Waals surface area contributed by atoms with Crippen molar-refractivity contribution in [3.63, 3.8) is 0 Å². The molecule has 154 valence electrons. The molecule has 0 fully saturated rings. The average Bonchev–Trinajstić information content (AvgIpc) is 2.68. The first-order valence-corrected chi connectivity index (χ1v) is 10.3. The lowest BCUT2D eigenvalue weighted by Crippen LogP contribution is -2.09. The lowest BCUT2D eigenvalue weighted by atomic mass is 9.90. The first-order valence-electron chi connectivity index (χ1n) is 10.3. The van der Waals surface area contributed by atoms with Crippen LogP contribution in [0, 0.1) is 0 Å². The summed E-state index contributed by atoms with van der Waals surface area (Å²) < 4.78 is 12.5. The average molecular weight is 401 g/mol. The molecule has 4 rings (SSSR count). The summed E-state index contributed by atoms with van der Waals surface area (Å²) in [6.07, 6.45) is 0.0147. The summed E-state index contributed by atoms with van der Waals surface area (Å²) in [5.74, 6) is 1.53. The highest BCUT2D eigenvalue weighted by molar-refractivity contribution is 6.15. The third kappa shape index (κ3) is 3.50. The van der Waals surface area contributed by atoms with Crippen LogP contribution in [0.1, 0.15) is 27.7 Å². The van der Waals surface area contributed by atoms with Crippen LogP contribution in [0.5, 0.6) is 11.5 Å². The van der Waals surface area contributed by atoms with E-state index in [1.165, 1.54) is 0 Å². The normalized spacial score (nSPS) is 11.5. The summed E-state index contributed by atoms with van der Waals surface area (Å²) in [5.41, 5.74) is 16.2. The lowest BCUT2D eigenvalue weighted by molar-refractivity contribution is 0.240. The van der Waals surface area contributed by atoms with E-state index < -0.39 is 0 Å². The fourth-order valence-corrected chi connectivity index (χ4v) is 3.98. The van der Waals surface area contributed by atoms with Crippen molar-refractivity contribution in [1.29, 1.82) is 0 Å². The molecule has 0 spiro atoms. The van der Waals surface area contributed by atoms with Gasteiger partial charge in [-0.15, -0.1) is 0 Å². The minimum absolute atomic E-state index is 0.00734. The van der Waals surface area contributed by atoms with Gasteiger partial charge < -0.3 is 20.9 Å². The number of hydrogen-bond donors (Lipinski definition) is 2. The molecule has 0 atom stereocenters. The Balaban J connectivity index is 2.21. The SMILES string of the molecule is CC(C)Oc1ccc2cccc(N)c2c1-c1c(OC(C)C)ccc2cccc(N)c12. The van der Waals surface area contributed by atoms with Crippen LogP contribution in [0.4, 0.5) is 11.4 Å². The molecule has 0 aliphatic carbocycles. The standard InChI is InChI=1S/C26H28N2O2/c1-15(2)29-21-13-11-17-7-5-9-19(27)23(17)25(21)26-22(30-16(3)4)14-12-18-8-6-10-20(28)24(18)26/h5-16H,27-28H2,1-4H3. The Morgan fingerprint density at radius 2 is 0.967 bits per heavy atom. The minimum Gasteiger partial charge on any atom is -0.490 e. The highest BCUT2D eigenvalue weighted by Crippen LogP contribution is 2.48. The number of hydrogen-bond acceptors (Lipinski definition) is 4. The van der Waals surface area contributed by atoms with E-state index in [0.717, 1.165) is 44.2 Å². The van der Waals surface area contributed by atoms with Gasteiger partial charge in [0.25, 0.3) is 0 Å². The molecule has 0 saturated heterocycles. The molecule has 0 aromatic heterocycles. The molecule has 0 unspecified atom stereocenters. The van der Waals surface area contributed by atoms with Crippen LogP contribution >= 0.6 is 0 Å². The number of fused-ring (bicyclic) bond motifs is 2. The third-order valence-electron chi connectivity index (χ3n) is 5.05. The number of nitrogen functional groups attached to an aromatic ring is 2. The van der Waals surface area contributed by atoms with Crippen molar-refractivity contribution >= 4 is 32.9 Å². The zero-order chi connectivity index (χ0) is 21.4. The summed E-state index contributed by atoms with van der Waals surface area (Å²) in [7, 11) is 0. The summed E-state index contributed by atoms with van der Waals surface area (Å²) in [5, 5.41) is 3.98. The van der Waals surface area contributed by atoms with E-state index >= 15 is 0 Å². The van der Waals surface area contributed by atoms with Gasteiger partial charge in [0.15, 0.2) is 0 Å². The number of anilines is 2. The molecule has 4 heteroatoms. The van der Waals surface area contributed by atoms with Crippen LogP contribution < -0.4 is 20.9 Å². The van der Waals surface area contributed by atoms with Gasteiger partial charge in [-0.2, -0.15) is 0 Å². The zero-order valence-corrected chi connectivity index (χ0v) is 17.9. The van der Waals surface area contributed by atoms with Crippen molar-refractivity contribution in [2.45, 2.75) is 39.9 Å². The van der Waals surface area contributed by atoms with Gasteiger partial charge in [-0.3, -0.25) is 0 Å². The van der Waals surface area contributed by atoms with Crippen LogP contribution in [0.2, 0.25) is 0 Å². The van der Waals surface area contributed by atoms with Gasteiger partial charge in [0.1, 0.15) is 11.5 Å². The molecule has 0 aliphatic rings. The predicted octanol–water partition coefficient (Wildman–Crippen LogP) is 6.40. The number of nitrogens with two attached hydrogens (primary N) is 2. The van der Waals surface area contributed by atoms with Crippen molar-refractivity contribution in [3.8, 4) is 22.6 Å². The molecule has 0 aliphatic heterocycles. The monoisotopic (exact) mass is 400 g/mol. The highest BCUT2D eigenvalue weighted by Gasteiger charge is 2.22. The van der Waals surface area contributed by atoms with Gasteiger partial charge in [0.2, 0.25) is 0 Å². The number of rotatable bonds is 5. The molecule has 0 bridgehead atoms. The highest BCUT2D eigenvalue weighted by atomic mass is 16.5. The Hall–Kier alpha value is -3.40. The van der Waals surface area contributed by atoms with E-state index in [1.807, 2.05) is 76.2 Å². The Labute approximate surface area is 177 Å². The second kappa shape index (κ2) is 7.79. The smallest absolute Gasteiger partial charge is 0.128 e. The largest absolute Gasteiger partial charge is 0.490 e. The van der Waals surface area contributed by atoms with E-state index in [1.54, 1.807) is 0 Å². The van der Waals surface area contributed by atoms with Crippen LogP contribution in [0.3, 0.4) is 0 Å². The van der Waals surface area contributed by atoms with Gasteiger partial charge in [0.05, 0.1) is 12.2 Å². The molecule has 4 aromatic rings. The van der Waals surface area contributed by atoms with Crippen LogP contribution in [0.15, 0.2) is 60.7 Å². The topological polar surface area (TPSA) is 70.5 Å². The predicted molar refractivity (Wildman–Crippen MR) is 127 cm³/mol. The van der Waals surface area contributed by atoms with Crippen molar-refractivity contribution in [2.75, 3.05) is 11.5 Å². The molecule has 0 radical (unpaired) electrons. The molecule has 30 heavy (non-hydrogen) atoms. The van der Waals surface area contributed by atoms with Crippen molar-refractivity contribution in [1.82, 2.24) is 0 Å². The summed E-state index contributed by atoms with van der Waals surface area (Å²) in [4.78, 5) is 0. The van der Waals surface area contributed by atoms with Gasteiger partial charge in [-0.1, -0.05) is 36.4 Å². The molecule has 4 nitrogen and oxygen atoms in total. The maximum atomic E-state index is 6.50. The fraction of sp³-hybridized carbons (Fsp3) is 0.231. The van der Waals surface area contributed by atoms with Gasteiger partial charge in [-0.25, -0.2) is 0 Å². The van der Waals surface area contributed by atoms with Gasteiger partial charge >= 0.3 is 0 Å². The third-order valence-corrected chi connectivity index (χ3v) is 5.05. The maximum Gasteiger partial charge on any atom is 0.128 e. The van der Waals surface area contributed by atoms with E-state index in [9.17, 15) is 0 Å². The van der Waals surface area contributed by atoms with Gasteiger partial charge in [0, 0.05) is 33.3 Å².